The standard InChI is InChI=1S/C18H13ClN2O2/c19-14-6-8-15(9-7-14)20-12-17-5-2-10-21(17)16-4-1-3-13(11-16)18(22)23/h1-12H,(H,22,23). The predicted octanol–water partition coefficient (Wildman–Crippen LogP) is 4.58. The molecule has 0 aliphatic carbocycles. The second-order valence-electron chi connectivity index (χ2n) is 4.89. The van der Waals surface area contributed by atoms with E-state index >= 15 is 0 Å². The highest BCUT2D eigenvalue weighted by molar-refractivity contribution is 6.30. The third-order valence-corrected chi connectivity index (χ3v) is 3.58. The molecule has 0 spiro atoms. The van der Waals surface area contributed by atoms with Gasteiger partial charge >= 0.3 is 5.97 Å². The molecule has 0 saturated carbocycles. The maximum absolute atomic E-state index is 11.1. The van der Waals surface area contributed by atoms with Crippen molar-refractivity contribution in [3.8, 4) is 5.69 Å². The van der Waals surface area contributed by atoms with Gasteiger partial charge in [0.25, 0.3) is 0 Å². The van der Waals surface area contributed by atoms with Gasteiger partial charge in [-0.2, -0.15) is 0 Å². The molecule has 0 aliphatic rings. The molecule has 5 heteroatoms. The average Bonchev–Trinajstić information content (AvgIpc) is 3.03. The van der Waals surface area contributed by atoms with E-state index < -0.39 is 5.97 Å². The van der Waals surface area contributed by atoms with Crippen LogP contribution in [0.1, 0.15) is 16.1 Å². The number of carbonyl (C=O) groups is 1. The number of aromatic nitrogens is 1. The number of halogens is 1. The van der Waals surface area contributed by atoms with Gasteiger partial charge in [0, 0.05) is 16.9 Å². The molecule has 3 aromatic rings. The Kier molecular flexibility index (Phi) is 4.26. The Morgan fingerprint density at radius 3 is 2.61 bits per heavy atom. The lowest BCUT2D eigenvalue weighted by Gasteiger charge is -2.07. The molecular weight excluding hydrogens is 312 g/mol. The molecule has 114 valence electrons. The van der Waals surface area contributed by atoms with Crippen LogP contribution in [0.3, 0.4) is 0 Å². The summed E-state index contributed by atoms with van der Waals surface area (Å²) in [4.78, 5) is 15.5. The summed E-state index contributed by atoms with van der Waals surface area (Å²) in [5.41, 5.74) is 2.66. The minimum atomic E-state index is -0.949. The van der Waals surface area contributed by atoms with Crippen LogP contribution >= 0.6 is 11.6 Å². The minimum Gasteiger partial charge on any atom is -0.478 e. The Morgan fingerprint density at radius 2 is 1.87 bits per heavy atom. The lowest BCUT2D eigenvalue weighted by Crippen LogP contribution is -2.01. The summed E-state index contributed by atoms with van der Waals surface area (Å²) in [6.45, 7) is 0. The van der Waals surface area contributed by atoms with Crippen LogP contribution in [0.2, 0.25) is 5.02 Å². The Balaban J connectivity index is 1.92. The first kappa shape index (κ1) is 15.1. The van der Waals surface area contributed by atoms with Gasteiger partial charge in [-0.3, -0.25) is 4.99 Å². The number of carboxylic acid groups (broad SMARTS) is 1. The molecule has 0 atom stereocenters. The van der Waals surface area contributed by atoms with Crippen molar-refractivity contribution in [2.75, 3.05) is 0 Å². The number of hydrogen-bond acceptors (Lipinski definition) is 2. The second kappa shape index (κ2) is 6.50. The fourth-order valence-corrected chi connectivity index (χ4v) is 2.32. The van der Waals surface area contributed by atoms with Crippen LogP contribution in [0.25, 0.3) is 5.69 Å². The Morgan fingerprint density at radius 1 is 1.09 bits per heavy atom. The van der Waals surface area contributed by atoms with Crippen molar-refractivity contribution in [3.63, 3.8) is 0 Å². The van der Waals surface area contributed by atoms with Crippen LogP contribution in [0.15, 0.2) is 71.9 Å². The molecule has 3 rings (SSSR count). The van der Waals surface area contributed by atoms with Gasteiger partial charge in [0.05, 0.1) is 23.2 Å². The van der Waals surface area contributed by atoms with E-state index in [-0.39, 0.29) is 5.56 Å². The Hall–Kier alpha value is -2.85. The normalized spacial score (nSPS) is 11.0. The zero-order valence-corrected chi connectivity index (χ0v) is 12.8. The smallest absolute Gasteiger partial charge is 0.335 e. The third kappa shape index (κ3) is 3.49. The van der Waals surface area contributed by atoms with Gasteiger partial charge in [-0.25, -0.2) is 4.79 Å². The fourth-order valence-electron chi connectivity index (χ4n) is 2.19. The summed E-state index contributed by atoms with van der Waals surface area (Å²) in [6, 6.07) is 17.8. The van der Waals surface area contributed by atoms with Gasteiger partial charge in [0.15, 0.2) is 0 Å². The zero-order chi connectivity index (χ0) is 16.2. The number of rotatable bonds is 4. The minimum absolute atomic E-state index is 0.247. The first-order valence-electron chi connectivity index (χ1n) is 6.94. The summed E-state index contributed by atoms with van der Waals surface area (Å²) in [7, 11) is 0. The fraction of sp³-hybridized carbons (Fsp3) is 0. The van der Waals surface area contributed by atoms with E-state index in [2.05, 4.69) is 4.99 Å². The van der Waals surface area contributed by atoms with Crippen LogP contribution in [0, 0.1) is 0 Å². The Bertz CT molecular complexity index is 867. The van der Waals surface area contributed by atoms with Crippen LogP contribution < -0.4 is 0 Å². The van der Waals surface area contributed by atoms with Crippen LogP contribution in [-0.4, -0.2) is 21.9 Å². The molecule has 0 saturated heterocycles. The molecule has 2 aromatic carbocycles. The summed E-state index contributed by atoms with van der Waals surface area (Å²) in [5, 5.41) is 9.77. The molecule has 4 nitrogen and oxygen atoms in total. The second-order valence-corrected chi connectivity index (χ2v) is 5.33. The number of aliphatic imine (C=N–C) groups is 1. The highest BCUT2D eigenvalue weighted by Crippen LogP contribution is 2.18. The molecule has 1 N–H and O–H groups in total. The van der Waals surface area contributed by atoms with Crippen molar-refractivity contribution in [3.05, 3.63) is 83.1 Å². The van der Waals surface area contributed by atoms with Crippen molar-refractivity contribution < 1.29 is 9.90 Å². The average molecular weight is 325 g/mol. The van der Waals surface area contributed by atoms with E-state index in [4.69, 9.17) is 16.7 Å². The van der Waals surface area contributed by atoms with E-state index in [1.165, 1.54) is 0 Å². The number of hydrogen-bond donors (Lipinski definition) is 1. The van der Waals surface area contributed by atoms with Crippen molar-refractivity contribution in [2.24, 2.45) is 4.99 Å². The SMILES string of the molecule is O=C(O)c1cccc(-n2cccc2C=Nc2ccc(Cl)cc2)c1. The highest BCUT2D eigenvalue weighted by atomic mass is 35.5. The lowest BCUT2D eigenvalue weighted by atomic mass is 10.2. The summed E-state index contributed by atoms with van der Waals surface area (Å²) >= 11 is 5.85. The van der Waals surface area contributed by atoms with Crippen molar-refractivity contribution in [1.29, 1.82) is 0 Å². The Labute approximate surface area is 138 Å². The number of carboxylic acids is 1. The molecule has 0 bridgehead atoms. The summed E-state index contributed by atoms with van der Waals surface area (Å²) in [6.07, 6.45) is 3.60. The zero-order valence-electron chi connectivity index (χ0n) is 12.1. The van der Waals surface area contributed by atoms with E-state index in [9.17, 15) is 4.79 Å². The summed E-state index contributed by atoms with van der Waals surface area (Å²) < 4.78 is 1.88. The summed E-state index contributed by atoms with van der Waals surface area (Å²) in [5.74, 6) is -0.949. The van der Waals surface area contributed by atoms with Crippen molar-refractivity contribution in [1.82, 2.24) is 4.57 Å². The molecule has 23 heavy (non-hydrogen) atoms. The number of aromatic carboxylic acids is 1. The quantitative estimate of drug-likeness (QED) is 0.714. The predicted molar refractivity (Wildman–Crippen MR) is 91.4 cm³/mol. The van der Waals surface area contributed by atoms with E-state index in [1.54, 1.807) is 36.5 Å². The van der Waals surface area contributed by atoms with Crippen LogP contribution in [0.4, 0.5) is 5.69 Å². The van der Waals surface area contributed by atoms with Crippen molar-refractivity contribution in [2.45, 2.75) is 0 Å². The van der Waals surface area contributed by atoms with Gasteiger partial charge in [-0.15, -0.1) is 0 Å². The molecule has 0 radical (unpaired) electrons. The van der Waals surface area contributed by atoms with Gasteiger partial charge in [0.2, 0.25) is 0 Å². The topological polar surface area (TPSA) is 54.6 Å². The lowest BCUT2D eigenvalue weighted by molar-refractivity contribution is 0.0697. The molecule has 1 aromatic heterocycles. The maximum atomic E-state index is 11.1. The maximum Gasteiger partial charge on any atom is 0.335 e. The first-order chi connectivity index (χ1) is 11.1. The first-order valence-corrected chi connectivity index (χ1v) is 7.32. The van der Waals surface area contributed by atoms with E-state index in [0.717, 1.165) is 17.1 Å². The number of nitrogens with zero attached hydrogens (tertiary/aromatic N) is 2. The van der Waals surface area contributed by atoms with Crippen LogP contribution in [0.5, 0.6) is 0 Å². The van der Waals surface area contributed by atoms with E-state index in [0.29, 0.717) is 5.02 Å². The van der Waals surface area contributed by atoms with Crippen molar-refractivity contribution >= 4 is 29.5 Å². The molecular formula is C18H13ClN2O2. The monoisotopic (exact) mass is 324 g/mol. The molecule has 0 unspecified atom stereocenters. The molecule has 1 heterocycles. The molecule has 0 fully saturated rings. The van der Waals surface area contributed by atoms with Gasteiger partial charge in [-0.1, -0.05) is 17.7 Å². The highest BCUT2D eigenvalue weighted by Gasteiger charge is 2.06. The van der Waals surface area contributed by atoms with E-state index in [1.807, 2.05) is 41.1 Å². The van der Waals surface area contributed by atoms with Gasteiger partial charge in [-0.05, 0) is 54.6 Å². The molecule has 0 amide bonds. The molecule has 0 aliphatic heterocycles. The van der Waals surface area contributed by atoms with Crippen LogP contribution in [-0.2, 0) is 0 Å². The van der Waals surface area contributed by atoms with Gasteiger partial charge < -0.3 is 9.67 Å². The third-order valence-electron chi connectivity index (χ3n) is 3.32. The van der Waals surface area contributed by atoms with Gasteiger partial charge in [0.1, 0.15) is 0 Å². The largest absolute Gasteiger partial charge is 0.478 e. The number of benzene rings is 2.